The highest BCUT2D eigenvalue weighted by Crippen LogP contribution is 2.58. The van der Waals surface area contributed by atoms with Gasteiger partial charge in [-0.15, -0.1) is 11.8 Å². The van der Waals surface area contributed by atoms with Gasteiger partial charge in [0.1, 0.15) is 0 Å². The van der Waals surface area contributed by atoms with Gasteiger partial charge in [-0.1, -0.05) is 11.6 Å². The molecule has 1 atom stereocenters. The molecule has 1 unspecified atom stereocenters. The van der Waals surface area contributed by atoms with E-state index in [-0.39, 0.29) is 11.8 Å². The summed E-state index contributed by atoms with van der Waals surface area (Å²) in [5.74, 6) is 1.42. The molecule has 1 aliphatic carbocycles. The van der Waals surface area contributed by atoms with E-state index >= 15 is 0 Å². The van der Waals surface area contributed by atoms with Gasteiger partial charge in [-0.3, -0.25) is 4.79 Å². The molecule has 2 fully saturated rings. The standard InChI is InChI=1S/C16H21ClN2OS/c17-12-1-3-13(4-2-12)21-10-9-19-15(20)14-11-16(14)5-7-18-8-6-16/h1-4,14,18H,5-11H2,(H,19,20). The van der Waals surface area contributed by atoms with Gasteiger partial charge in [0, 0.05) is 28.1 Å². The smallest absolute Gasteiger partial charge is 0.223 e. The third-order valence-corrected chi connectivity index (χ3v) is 5.85. The predicted molar refractivity (Wildman–Crippen MR) is 87.8 cm³/mol. The van der Waals surface area contributed by atoms with Gasteiger partial charge in [-0.05, 0) is 62.0 Å². The Labute approximate surface area is 135 Å². The highest BCUT2D eigenvalue weighted by atomic mass is 35.5. The van der Waals surface area contributed by atoms with Crippen molar-refractivity contribution in [1.82, 2.24) is 10.6 Å². The summed E-state index contributed by atoms with van der Waals surface area (Å²) in [5.41, 5.74) is 0.332. The van der Waals surface area contributed by atoms with E-state index in [0.717, 1.165) is 49.7 Å². The lowest BCUT2D eigenvalue weighted by atomic mass is 9.92. The minimum atomic E-state index is 0.258. The Balaban J connectivity index is 1.36. The SMILES string of the molecule is O=C(NCCSc1ccc(Cl)cc1)C1CC12CCNCC2. The fourth-order valence-corrected chi connectivity index (χ4v) is 4.09. The molecule has 0 radical (unpaired) electrons. The maximum Gasteiger partial charge on any atom is 0.223 e. The molecule has 3 rings (SSSR count). The Bertz CT molecular complexity index is 500. The number of rotatable bonds is 5. The minimum Gasteiger partial charge on any atom is -0.355 e. The van der Waals surface area contributed by atoms with Gasteiger partial charge in [0.05, 0.1) is 0 Å². The second kappa shape index (κ2) is 6.59. The lowest BCUT2D eigenvalue weighted by Gasteiger charge is -2.23. The van der Waals surface area contributed by atoms with E-state index in [4.69, 9.17) is 11.6 Å². The van der Waals surface area contributed by atoms with Crippen molar-refractivity contribution >= 4 is 29.3 Å². The zero-order valence-corrected chi connectivity index (χ0v) is 13.6. The van der Waals surface area contributed by atoms with Gasteiger partial charge in [-0.25, -0.2) is 0 Å². The largest absolute Gasteiger partial charge is 0.355 e. The van der Waals surface area contributed by atoms with Crippen molar-refractivity contribution in [3.05, 3.63) is 29.3 Å². The molecule has 5 heteroatoms. The molecular formula is C16H21ClN2OS. The summed E-state index contributed by atoms with van der Waals surface area (Å²) in [7, 11) is 0. The molecule has 1 aromatic rings. The zero-order chi connectivity index (χ0) is 14.7. The van der Waals surface area contributed by atoms with Gasteiger partial charge in [-0.2, -0.15) is 0 Å². The molecule has 2 N–H and O–H groups in total. The van der Waals surface area contributed by atoms with Crippen molar-refractivity contribution < 1.29 is 4.79 Å². The van der Waals surface area contributed by atoms with Crippen molar-refractivity contribution in [2.45, 2.75) is 24.2 Å². The summed E-state index contributed by atoms with van der Waals surface area (Å²) in [6, 6.07) is 7.82. The van der Waals surface area contributed by atoms with Gasteiger partial charge in [0.2, 0.25) is 5.91 Å². The molecule has 1 spiro atoms. The number of carbonyl (C=O) groups excluding carboxylic acids is 1. The van der Waals surface area contributed by atoms with Crippen LogP contribution in [0.4, 0.5) is 0 Å². The predicted octanol–water partition coefficient (Wildman–Crippen LogP) is 2.94. The number of hydrogen-bond acceptors (Lipinski definition) is 3. The summed E-state index contributed by atoms with van der Waals surface area (Å²) in [6.07, 6.45) is 3.40. The molecule has 0 aromatic heterocycles. The van der Waals surface area contributed by atoms with Crippen LogP contribution in [0.15, 0.2) is 29.2 Å². The lowest BCUT2D eigenvalue weighted by molar-refractivity contribution is -0.123. The minimum absolute atomic E-state index is 0.258. The number of piperidine rings is 1. The average molecular weight is 325 g/mol. The van der Waals surface area contributed by atoms with E-state index in [0.29, 0.717) is 5.41 Å². The second-order valence-corrected chi connectivity index (χ2v) is 7.57. The summed E-state index contributed by atoms with van der Waals surface area (Å²) < 4.78 is 0. The molecule has 1 aliphatic heterocycles. The molecule has 3 nitrogen and oxygen atoms in total. The van der Waals surface area contributed by atoms with E-state index in [1.165, 1.54) is 4.90 Å². The number of benzene rings is 1. The van der Waals surface area contributed by atoms with E-state index in [9.17, 15) is 4.79 Å². The van der Waals surface area contributed by atoms with Crippen LogP contribution in [0.3, 0.4) is 0 Å². The third kappa shape index (κ3) is 3.74. The fraction of sp³-hybridized carbons (Fsp3) is 0.562. The molecule has 1 saturated heterocycles. The number of nitrogens with one attached hydrogen (secondary N) is 2. The van der Waals surface area contributed by atoms with E-state index < -0.39 is 0 Å². The lowest BCUT2D eigenvalue weighted by Crippen LogP contribution is -2.34. The van der Waals surface area contributed by atoms with Gasteiger partial charge in [0.25, 0.3) is 0 Å². The van der Waals surface area contributed by atoms with Crippen LogP contribution in [-0.2, 0) is 4.79 Å². The summed E-state index contributed by atoms with van der Waals surface area (Å²) in [4.78, 5) is 13.4. The zero-order valence-electron chi connectivity index (χ0n) is 12.0. The summed E-state index contributed by atoms with van der Waals surface area (Å²) >= 11 is 7.60. The Morgan fingerprint density at radius 1 is 1.33 bits per heavy atom. The Morgan fingerprint density at radius 3 is 2.76 bits per heavy atom. The van der Waals surface area contributed by atoms with Crippen molar-refractivity contribution in [2.75, 3.05) is 25.4 Å². The van der Waals surface area contributed by atoms with Crippen LogP contribution in [0.5, 0.6) is 0 Å². The van der Waals surface area contributed by atoms with Crippen molar-refractivity contribution in [2.24, 2.45) is 11.3 Å². The molecule has 1 saturated carbocycles. The average Bonchev–Trinajstić information content (AvgIpc) is 3.19. The summed E-state index contributed by atoms with van der Waals surface area (Å²) in [6.45, 7) is 2.86. The highest BCUT2D eigenvalue weighted by molar-refractivity contribution is 7.99. The summed E-state index contributed by atoms with van der Waals surface area (Å²) in [5, 5.41) is 7.22. The molecular weight excluding hydrogens is 304 g/mol. The molecule has 114 valence electrons. The van der Waals surface area contributed by atoms with Crippen molar-refractivity contribution in [3.63, 3.8) is 0 Å². The van der Waals surface area contributed by atoms with Crippen molar-refractivity contribution in [1.29, 1.82) is 0 Å². The quantitative estimate of drug-likeness (QED) is 0.646. The number of carbonyl (C=O) groups is 1. The first-order valence-electron chi connectivity index (χ1n) is 7.56. The highest BCUT2D eigenvalue weighted by Gasteiger charge is 2.57. The molecule has 21 heavy (non-hydrogen) atoms. The molecule has 1 heterocycles. The number of thioether (sulfide) groups is 1. The fourth-order valence-electron chi connectivity index (χ4n) is 3.19. The Hall–Kier alpha value is -0.710. The Morgan fingerprint density at radius 2 is 2.05 bits per heavy atom. The molecule has 0 bridgehead atoms. The van der Waals surface area contributed by atoms with Crippen LogP contribution in [0, 0.1) is 11.3 Å². The van der Waals surface area contributed by atoms with E-state index in [2.05, 4.69) is 10.6 Å². The number of hydrogen-bond donors (Lipinski definition) is 2. The van der Waals surface area contributed by atoms with Gasteiger partial charge >= 0.3 is 0 Å². The molecule has 1 aromatic carbocycles. The first-order valence-corrected chi connectivity index (χ1v) is 8.93. The van der Waals surface area contributed by atoms with E-state index in [1.54, 1.807) is 11.8 Å². The monoisotopic (exact) mass is 324 g/mol. The number of amides is 1. The van der Waals surface area contributed by atoms with E-state index in [1.807, 2.05) is 24.3 Å². The Kier molecular flexibility index (Phi) is 4.77. The molecule has 2 aliphatic rings. The van der Waals surface area contributed by atoms with Crippen LogP contribution in [0.25, 0.3) is 0 Å². The van der Waals surface area contributed by atoms with Gasteiger partial charge in [0.15, 0.2) is 0 Å². The first kappa shape index (κ1) is 15.2. The van der Waals surface area contributed by atoms with Gasteiger partial charge < -0.3 is 10.6 Å². The first-order chi connectivity index (χ1) is 10.2. The van der Waals surface area contributed by atoms with Crippen LogP contribution in [0.1, 0.15) is 19.3 Å². The van der Waals surface area contributed by atoms with Crippen LogP contribution in [0.2, 0.25) is 5.02 Å². The third-order valence-electron chi connectivity index (χ3n) is 4.59. The maximum atomic E-state index is 12.2. The maximum absolute atomic E-state index is 12.2. The second-order valence-electron chi connectivity index (χ2n) is 5.96. The van der Waals surface area contributed by atoms with Crippen LogP contribution in [-0.4, -0.2) is 31.3 Å². The normalized spacial score (nSPS) is 23.0. The van der Waals surface area contributed by atoms with Crippen molar-refractivity contribution in [3.8, 4) is 0 Å². The molecule has 1 amide bonds. The van der Waals surface area contributed by atoms with Crippen LogP contribution < -0.4 is 10.6 Å². The van der Waals surface area contributed by atoms with Crippen LogP contribution >= 0.6 is 23.4 Å². The number of halogens is 1. The topological polar surface area (TPSA) is 41.1 Å².